The highest BCUT2D eigenvalue weighted by Gasteiger charge is 2.06. The fraction of sp³-hybridized carbons (Fsp3) is 0.429. The fourth-order valence-corrected chi connectivity index (χ4v) is 1.79. The highest BCUT2D eigenvalue weighted by atomic mass is 16.1. The molecule has 1 N–H and O–H groups in total. The zero-order valence-corrected chi connectivity index (χ0v) is 11.1. The van der Waals surface area contributed by atoms with Gasteiger partial charge in [0.25, 0.3) is 0 Å². The van der Waals surface area contributed by atoms with Crippen LogP contribution in [-0.4, -0.2) is 21.8 Å². The van der Waals surface area contributed by atoms with Crippen LogP contribution in [0.1, 0.15) is 25.1 Å². The summed E-state index contributed by atoms with van der Waals surface area (Å²) in [5.41, 5.74) is 3.16. The molecule has 2 aromatic rings. The summed E-state index contributed by atoms with van der Waals surface area (Å²) in [5, 5.41) is 2.90. The summed E-state index contributed by atoms with van der Waals surface area (Å²) < 4.78 is 2.02. The van der Waals surface area contributed by atoms with Crippen LogP contribution < -0.4 is 5.32 Å². The Morgan fingerprint density at radius 3 is 2.89 bits per heavy atom. The summed E-state index contributed by atoms with van der Waals surface area (Å²) in [6.45, 7) is 6.48. The Morgan fingerprint density at radius 2 is 2.17 bits per heavy atom. The average Bonchev–Trinajstić information content (AvgIpc) is 2.70. The maximum atomic E-state index is 11.4. The van der Waals surface area contributed by atoms with Crippen LogP contribution in [0.3, 0.4) is 0 Å². The third-order valence-corrected chi connectivity index (χ3v) is 2.85. The van der Waals surface area contributed by atoms with Gasteiger partial charge in [0.1, 0.15) is 5.65 Å². The molecule has 0 aromatic carbocycles. The molecule has 0 spiro atoms. The predicted molar refractivity (Wildman–Crippen MR) is 71.5 cm³/mol. The second-order valence-corrected chi connectivity index (χ2v) is 4.90. The molecule has 0 radical (unpaired) electrons. The predicted octanol–water partition coefficient (Wildman–Crippen LogP) is 1.96. The monoisotopic (exact) mass is 245 g/mol. The normalized spacial score (nSPS) is 11.1. The Balaban J connectivity index is 1.98. The van der Waals surface area contributed by atoms with Gasteiger partial charge in [-0.05, 0) is 18.6 Å². The van der Waals surface area contributed by atoms with E-state index in [1.165, 1.54) is 5.56 Å². The second-order valence-electron chi connectivity index (χ2n) is 4.90. The Hall–Kier alpha value is -1.84. The van der Waals surface area contributed by atoms with Crippen molar-refractivity contribution in [2.75, 3.05) is 6.54 Å². The first-order valence-corrected chi connectivity index (χ1v) is 6.28. The van der Waals surface area contributed by atoms with Crippen LogP contribution in [-0.2, 0) is 11.2 Å². The van der Waals surface area contributed by atoms with E-state index in [9.17, 15) is 4.79 Å². The molecule has 0 atom stereocenters. The van der Waals surface area contributed by atoms with Crippen molar-refractivity contribution in [3.8, 4) is 0 Å². The van der Waals surface area contributed by atoms with E-state index in [0.29, 0.717) is 6.54 Å². The van der Waals surface area contributed by atoms with Crippen LogP contribution in [0.25, 0.3) is 5.65 Å². The number of fused-ring (bicyclic) bond motifs is 1. The van der Waals surface area contributed by atoms with Gasteiger partial charge in [-0.15, -0.1) is 0 Å². The average molecular weight is 245 g/mol. The van der Waals surface area contributed by atoms with E-state index in [-0.39, 0.29) is 11.8 Å². The van der Waals surface area contributed by atoms with Crippen molar-refractivity contribution in [2.45, 2.75) is 27.2 Å². The first-order chi connectivity index (χ1) is 8.56. The van der Waals surface area contributed by atoms with Crippen molar-refractivity contribution < 1.29 is 4.79 Å². The summed E-state index contributed by atoms with van der Waals surface area (Å²) in [4.78, 5) is 15.9. The van der Waals surface area contributed by atoms with Gasteiger partial charge in [0.05, 0.1) is 5.69 Å². The number of rotatable bonds is 4. The molecule has 0 aliphatic heterocycles. The topological polar surface area (TPSA) is 46.4 Å². The Labute approximate surface area is 107 Å². The first-order valence-electron chi connectivity index (χ1n) is 6.28. The summed E-state index contributed by atoms with van der Waals surface area (Å²) in [6, 6.07) is 4.05. The van der Waals surface area contributed by atoms with E-state index in [1.54, 1.807) is 0 Å². The fourth-order valence-electron chi connectivity index (χ4n) is 1.79. The molecule has 18 heavy (non-hydrogen) atoms. The first kappa shape index (κ1) is 12.6. The maximum absolute atomic E-state index is 11.4. The van der Waals surface area contributed by atoms with E-state index in [0.717, 1.165) is 17.8 Å². The number of nitrogens with zero attached hydrogens (tertiary/aromatic N) is 2. The highest BCUT2D eigenvalue weighted by Crippen LogP contribution is 2.07. The molecule has 0 aliphatic carbocycles. The Morgan fingerprint density at radius 1 is 1.39 bits per heavy atom. The number of imidazole rings is 1. The van der Waals surface area contributed by atoms with Crippen LogP contribution in [0.5, 0.6) is 0 Å². The number of pyridine rings is 1. The number of amides is 1. The minimum Gasteiger partial charge on any atom is -0.355 e. The molecule has 1 amide bonds. The number of hydrogen-bond acceptors (Lipinski definition) is 2. The molecule has 0 bridgehead atoms. The summed E-state index contributed by atoms with van der Waals surface area (Å²) in [7, 11) is 0. The molecule has 0 saturated heterocycles. The van der Waals surface area contributed by atoms with Gasteiger partial charge in [0, 0.05) is 31.3 Å². The van der Waals surface area contributed by atoms with Gasteiger partial charge >= 0.3 is 0 Å². The smallest absolute Gasteiger partial charge is 0.222 e. The van der Waals surface area contributed by atoms with Gasteiger partial charge in [-0.25, -0.2) is 4.98 Å². The van der Waals surface area contributed by atoms with Crippen molar-refractivity contribution >= 4 is 11.6 Å². The third kappa shape index (κ3) is 2.88. The molecule has 0 aliphatic rings. The van der Waals surface area contributed by atoms with Crippen molar-refractivity contribution in [3.63, 3.8) is 0 Å². The second kappa shape index (κ2) is 5.21. The van der Waals surface area contributed by atoms with Gasteiger partial charge in [0.15, 0.2) is 0 Å². The lowest BCUT2D eigenvalue weighted by molar-refractivity contribution is -0.123. The van der Waals surface area contributed by atoms with E-state index >= 15 is 0 Å². The zero-order valence-electron chi connectivity index (χ0n) is 11.1. The number of aromatic nitrogens is 2. The summed E-state index contributed by atoms with van der Waals surface area (Å²) >= 11 is 0. The zero-order chi connectivity index (χ0) is 13.1. The highest BCUT2D eigenvalue weighted by molar-refractivity contribution is 5.77. The van der Waals surface area contributed by atoms with E-state index in [4.69, 9.17) is 0 Å². The number of aryl methyl sites for hydroxylation is 1. The maximum Gasteiger partial charge on any atom is 0.222 e. The lowest BCUT2D eigenvalue weighted by Crippen LogP contribution is -2.29. The molecule has 2 aromatic heterocycles. The van der Waals surface area contributed by atoms with Gasteiger partial charge in [0.2, 0.25) is 5.91 Å². The number of hydrogen-bond donors (Lipinski definition) is 1. The standard InChI is InChI=1S/C14H19N3O/c1-10(2)14(18)15-7-6-12-9-17-8-11(3)4-5-13(17)16-12/h4-5,8-10H,6-7H2,1-3H3,(H,15,18). The molecule has 0 saturated carbocycles. The van der Waals surface area contributed by atoms with E-state index < -0.39 is 0 Å². The van der Waals surface area contributed by atoms with Crippen LogP contribution in [0.2, 0.25) is 0 Å². The van der Waals surface area contributed by atoms with Gasteiger partial charge in [-0.2, -0.15) is 0 Å². The van der Waals surface area contributed by atoms with Crippen molar-refractivity contribution in [3.05, 3.63) is 35.8 Å². The molecule has 96 valence electrons. The van der Waals surface area contributed by atoms with Crippen LogP contribution in [0.4, 0.5) is 0 Å². The molecule has 4 heteroatoms. The quantitative estimate of drug-likeness (QED) is 0.895. The summed E-state index contributed by atoms with van der Waals surface area (Å²) in [6.07, 6.45) is 4.83. The minimum atomic E-state index is 0.0359. The lowest BCUT2D eigenvalue weighted by Gasteiger charge is -2.05. The molecule has 0 fully saturated rings. The molecule has 2 heterocycles. The number of carbonyl (C=O) groups excluding carboxylic acids is 1. The Kier molecular flexibility index (Phi) is 3.65. The van der Waals surface area contributed by atoms with Crippen LogP contribution in [0.15, 0.2) is 24.5 Å². The largest absolute Gasteiger partial charge is 0.355 e. The van der Waals surface area contributed by atoms with Crippen molar-refractivity contribution in [1.82, 2.24) is 14.7 Å². The van der Waals surface area contributed by atoms with Gasteiger partial charge in [-0.1, -0.05) is 19.9 Å². The van der Waals surface area contributed by atoms with Crippen LogP contribution in [0, 0.1) is 12.8 Å². The molecule has 0 unspecified atom stereocenters. The summed E-state index contributed by atoms with van der Waals surface area (Å²) in [5.74, 6) is 0.128. The molecule has 4 nitrogen and oxygen atoms in total. The number of carbonyl (C=O) groups is 1. The van der Waals surface area contributed by atoms with E-state index in [1.807, 2.05) is 36.6 Å². The van der Waals surface area contributed by atoms with Gasteiger partial charge < -0.3 is 9.72 Å². The SMILES string of the molecule is Cc1ccc2nc(CCNC(=O)C(C)C)cn2c1. The van der Waals surface area contributed by atoms with Crippen molar-refractivity contribution in [1.29, 1.82) is 0 Å². The molecular formula is C14H19N3O. The third-order valence-electron chi connectivity index (χ3n) is 2.85. The van der Waals surface area contributed by atoms with Crippen LogP contribution >= 0.6 is 0 Å². The van der Waals surface area contributed by atoms with Gasteiger partial charge in [-0.3, -0.25) is 4.79 Å². The Bertz CT molecular complexity index is 557. The van der Waals surface area contributed by atoms with Crippen molar-refractivity contribution in [2.24, 2.45) is 5.92 Å². The molecular weight excluding hydrogens is 226 g/mol. The lowest BCUT2D eigenvalue weighted by atomic mass is 10.2. The van der Waals surface area contributed by atoms with E-state index in [2.05, 4.69) is 23.4 Å². The number of nitrogens with one attached hydrogen (secondary N) is 1. The molecule has 2 rings (SSSR count). The minimum absolute atomic E-state index is 0.0359.